The van der Waals surface area contributed by atoms with E-state index in [1.807, 2.05) is 31.2 Å². The van der Waals surface area contributed by atoms with Gasteiger partial charge in [-0.2, -0.15) is 0 Å². The van der Waals surface area contributed by atoms with E-state index < -0.39 is 0 Å². The van der Waals surface area contributed by atoms with Crippen LogP contribution in [0.25, 0.3) is 22.5 Å². The fourth-order valence-corrected chi connectivity index (χ4v) is 2.21. The Morgan fingerprint density at radius 1 is 1.05 bits per heavy atom. The lowest BCUT2D eigenvalue weighted by Crippen LogP contribution is -1.90. The van der Waals surface area contributed by atoms with Gasteiger partial charge in [-0.05, 0) is 30.2 Å². The van der Waals surface area contributed by atoms with Crippen LogP contribution < -0.4 is 5.73 Å². The van der Waals surface area contributed by atoms with E-state index in [9.17, 15) is 4.39 Å². The molecule has 0 unspecified atom stereocenters. The zero-order valence-corrected chi connectivity index (χ0v) is 10.9. The van der Waals surface area contributed by atoms with Crippen molar-refractivity contribution < 1.29 is 8.91 Å². The zero-order valence-electron chi connectivity index (χ0n) is 10.9. The van der Waals surface area contributed by atoms with Gasteiger partial charge in [-0.25, -0.2) is 4.39 Å². The van der Waals surface area contributed by atoms with Crippen LogP contribution in [-0.2, 0) is 0 Å². The predicted molar refractivity (Wildman–Crippen MR) is 76.5 cm³/mol. The minimum absolute atomic E-state index is 0.291. The molecule has 2 N–H and O–H groups in total. The maximum absolute atomic E-state index is 13.0. The first kappa shape index (κ1) is 12.4. The Kier molecular flexibility index (Phi) is 2.99. The summed E-state index contributed by atoms with van der Waals surface area (Å²) in [5.74, 6) is 0.614. The summed E-state index contributed by atoms with van der Waals surface area (Å²) in [5.41, 5.74) is 9.36. The molecule has 0 aliphatic heterocycles. The van der Waals surface area contributed by atoms with E-state index in [4.69, 9.17) is 10.3 Å². The van der Waals surface area contributed by atoms with Crippen molar-refractivity contribution in [2.45, 2.75) is 6.92 Å². The van der Waals surface area contributed by atoms with E-state index in [0.717, 1.165) is 16.7 Å². The van der Waals surface area contributed by atoms with Gasteiger partial charge in [0, 0.05) is 5.56 Å². The predicted octanol–water partition coefficient (Wildman–Crippen LogP) is 4.04. The second kappa shape index (κ2) is 4.81. The molecule has 3 rings (SSSR count). The van der Waals surface area contributed by atoms with Crippen LogP contribution in [0.2, 0.25) is 0 Å². The fourth-order valence-electron chi connectivity index (χ4n) is 2.21. The average Bonchev–Trinajstić information content (AvgIpc) is 2.82. The normalized spacial score (nSPS) is 10.7. The SMILES string of the molecule is Cc1ccccc1-c1onc(N)c1-c1ccc(F)cc1. The Labute approximate surface area is 115 Å². The van der Waals surface area contributed by atoms with E-state index >= 15 is 0 Å². The number of aryl methyl sites for hydroxylation is 1. The van der Waals surface area contributed by atoms with Crippen molar-refractivity contribution in [3.8, 4) is 22.5 Å². The average molecular weight is 268 g/mol. The molecule has 4 heteroatoms. The molecule has 0 aliphatic rings. The van der Waals surface area contributed by atoms with Gasteiger partial charge in [0.1, 0.15) is 5.82 Å². The summed E-state index contributed by atoms with van der Waals surface area (Å²) in [6.45, 7) is 1.99. The Morgan fingerprint density at radius 3 is 2.45 bits per heavy atom. The van der Waals surface area contributed by atoms with Crippen LogP contribution in [0.4, 0.5) is 10.2 Å². The molecule has 0 amide bonds. The Bertz CT molecular complexity index is 747. The quantitative estimate of drug-likeness (QED) is 0.763. The minimum atomic E-state index is -0.291. The van der Waals surface area contributed by atoms with E-state index in [2.05, 4.69) is 5.16 Å². The number of benzene rings is 2. The second-order valence-corrected chi connectivity index (χ2v) is 4.59. The molecule has 0 fully saturated rings. The smallest absolute Gasteiger partial charge is 0.177 e. The van der Waals surface area contributed by atoms with E-state index in [0.29, 0.717) is 17.1 Å². The van der Waals surface area contributed by atoms with Crippen molar-refractivity contribution in [3.05, 3.63) is 59.9 Å². The highest BCUT2D eigenvalue weighted by atomic mass is 19.1. The molecule has 2 aromatic carbocycles. The van der Waals surface area contributed by atoms with E-state index in [-0.39, 0.29) is 5.82 Å². The molecule has 0 atom stereocenters. The molecule has 1 heterocycles. The number of nitrogens with two attached hydrogens (primary N) is 1. The molecule has 3 aromatic rings. The van der Waals surface area contributed by atoms with Crippen molar-refractivity contribution in [1.82, 2.24) is 5.16 Å². The Morgan fingerprint density at radius 2 is 1.75 bits per heavy atom. The van der Waals surface area contributed by atoms with Crippen LogP contribution in [0.3, 0.4) is 0 Å². The third-order valence-electron chi connectivity index (χ3n) is 3.24. The molecule has 0 aliphatic carbocycles. The molecular weight excluding hydrogens is 255 g/mol. The number of nitrogen functional groups attached to an aromatic ring is 1. The van der Waals surface area contributed by atoms with Gasteiger partial charge in [0.25, 0.3) is 0 Å². The van der Waals surface area contributed by atoms with Gasteiger partial charge in [0.15, 0.2) is 11.6 Å². The zero-order chi connectivity index (χ0) is 14.1. The maximum Gasteiger partial charge on any atom is 0.177 e. The first-order valence-electron chi connectivity index (χ1n) is 6.24. The summed E-state index contributed by atoms with van der Waals surface area (Å²) in [6, 6.07) is 13.9. The third-order valence-corrected chi connectivity index (χ3v) is 3.24. The van der Waals surface area contributed by atoms with Crippen LogP contribution in [0.15, 0.2) is 53.1 Å². The minimum Gasteiger partial charge on any atom is -0.380 e. The molecule has 100 valence electrons. The highest BCUT2D eigenvalue weighted by Crippen LogP contribution is 2.37. The number of hydrogen-bond acceptors (Lipinski definition) is 3. The van der Waals surface area contributed by atoms with Crippen molar-refractivity contribution in [2.24, 2.45) is 0 Å². The summed E-state index contributed by atoms with van der Waals surface area (Å²) in [6.07, 6.45) is 0. The monoisotopic (exact) mass is 268 g/mol. The Hall–Kier alpha value is -2.62. The number of halogens is 1. The van der Waals surface area contributed by atoms with Crippen LogP contribution in [0.5, 0.6) is 0 Å². The van der Waals surface area contributed by atoms with Crippen LogP contribution in [0, 0.1) is 12.7 Å². The molecule has 0 spiro atoms. The highest BCUT2D eigenvalue weighted by molar-refractivity contribution is 5.87. The number of hydrogen-bond donors (Lipinski definition) is 1. The molecule has 0 saturated carbocycles. The summed E-state index contributed by atoms with van der Waals surface area (Å²) in [7, 11) is 0. The number of rotatable bonds is 2. The molecule has 0 radical (unpaired) electrons. The summed E-state index contributed by atoms with van der Waals surface area (Å²) in [4.78, 5) is 0. The third kappa shape index (κ3) is 2.05. The highest BCUT2D eigenvalue weighted by Gasteiger charge is 2.18. The van der Waals surface area contributed by atoms with Crippen molar-refractivity contribution >= 4 is 5.82 Å². The molecule has 3 nitrogen and oxygen atoms in total. The molecule has 0 saturated heterocycles. The summed E-state index contributed by atoms with van der Waals surface area (Å²) in [5, 5.41) is 3.84. The molecule has 0 bridgehead atoms. The van der Waals surface area contributed by atoms with Gasteiger partial charge in [0.2, 0.25) is 0 Å². The lowest BCUT2D eigenvalue weighted by atomic mass is 9.99. The first-order valence-corrected chi connectivity index (χ1v) is 6.24. The van der Waals surface area contributed by atoms with Crippen LogP contribution in [-0.4, -0.2) is 5.16 Å². The fraction of sp³-hybridized carbons (Fsp3) is 0.0625. The summed E-state index contributed by atoms with van der Waals surface area (Å²) < 4.78 is 18.4. The lowest BCUT2D eigenvalue weighted by molar-refractivity contribution is 0.436. The van der Waals surface area contributed by atoms with E-state index in [1.165, 1.54) is 12.1 Å². The number of anilines is 1. The maximum atomic E-state index is 13.0. The Balaban J connectivity index is 2.20. The van der Waals surface area contributed by atoms with Gasteiger partial charge in [-0.15, -0.1) is 0 Å². The summed E-state index contributed by atoms with van der Waals surface area (Å²) >= 11 is 0. The van der Waals surface area contributed by atoms with Crippen molar-refractivity contribution in [3.63, 3.8) is 0 Å². The van der Waals surface area contributed by atoms with Crippen LogP contribution >= 0.6 is 0 Å². The van der Waals surface area contributed by atoms with Gasteiger partial charge < -0.3 is 10.3 Å². The largest absolute Gasteiger partial charge is 0.380 e. The first-order chi connectivity index (χ1) is 9.66. The van der Waals surface area contributed by atoms with Gasteiger partial charge in [0.05, 0.1) is 5.56 Å². The van der Waals surface area contributed by atoms with Gasteiger partial charge in [-0.1, -0.05) is 41.6 Å². The topological polar surface area (TPSA) is 52.0 Å². The molecule has 1 aromatic heterocycles. The number of aromatic nitrogens is 1. The standard InChI is InChI=1S/C16H13FN2O/c1-10-4-2-3-5-13(10)15-14(16(18)19-20-15)11-6-8-12(17)9-7-11/h2-9H,1H3,(H2,18,19). The van der Waals surface area contributed by atoms with Crippen molar-refractivity contribution in [1.29, 1.82) is 0 Å². The van der Waals surface area contributed by atoms with Gasteiger partial charge >= 0.3 is 0 Å². The molecular formula is C16H13FN2O. The number of nitrogens with zero attached hydrogens (tertiary/aromatic N) is 1. The molecule has 20 heavy (non-hydrogen) atoms. The van der Waals surface area contributed by atoms with E-state index in [1.54, 1.807) is 12.1 Å². The van der Waals surface area contributed by atoms with Crippen molar-refractivity contribution in [2.75, 3.05) is 5.73 Å². The van der Waals surface area contributed by atoms with Crippen LogP contribution in [0.1, 0.15) is 5.56 Å². The van der Waals surface area contributed by atoms with Gasteiger partial charge in [-0.3, -0.25) is 0 Å². The second-order valence-electron chi connectivity index (χ2n) is 4.59. The lowest BCUT2D eigenvalue weighted by Gasteiger charge is -2.05.